The molecule has 0 aromatic carbocycles. The molecule has 12 heavy (non-hydrogen) atoms. The molecule has 0 spiro atoms. The average molecular weight is 197 g/mol. The third-order valence-electron chi connectivity index (χ3n) is 1.47. The molecule has 7 heteroatoms. The van der Waals surface area contributed by atoms with Crippen molar-refractivity contribution in [2.24, 2.45) is 0 Å². The third-order valence-corrected chi connectivity index (χ3v) is 2.37. The van der Waals surface area contributed by atoms with Gasteiger partial charge in [0.2, 0.25) is 0 Å². The van der Waals surface area contributed by atoms with Gasteiger partial charge in [-0.1, -0.05) is 0 Å². The van der Waals surface area contributed by atoms with Gasteiger partial charge in [-0.2, -0.15) is 8.42 Å². The topological polar surface area (TPSA) is 84.9 Å². The van der Waals surface area contributed by atoms with E-state index >= 15 is 0 Å². The van der Waals surface area contributed by atoms with Crippen LogP contribution in [0.1, 0.15) is 6.42 Å². The first kappa shape index (κ1) is 9.87. The van der Waals surface area contributed by atoms with E-state index in [1.807, 2.05) is 0 Å². The van der Waals surface area contributed by atoms with Gasteiger partial charge in [-0.3, -0.25) is 0 Å². The van der Waals surface area contributed by atoms with Crippen molar-refractivity contribution in [2.75, 3.05) is 19.9 Å². The van der Waals surface area contributed by atoms with E-state index in [4.69, 9.17) is 5.11 Å². The minimum Gasteiger partial charge on any atom is -0.369 e. The van der Waals surface area contributed by atoms with Crippen LogP contribution < -0.4 is 5.32 Å². The molecular weight excluding hydrogens is 186 g/mol. The zero-order valence-corrected chi connectivity index (χ0v) is 7.21. The smallest absolute Gasteiger partial charge is 0.369 e. The summed E-state index contributed by atoms with van der Waals surface area (Å²) in [5.41, 5.74) is 0. The number of rotatable bonds is 4. The van der Waals surface area contributed by atoms with E-state index in [9.17, 15) is 8.42 Å². The lowest BCUT2D eigenvalue weighted by atomic mass is 10.3. The summed E-state index contributed by atoms with van der Waals surface area (Å²) >= 11 is 0. The zero-order chi connectivity index (χ0) is 9.03. The zero-order valence-electron chi connectivity index (χ0n) is 6.39. The Morgan fingerprint density at radius 1 is 1.58 bits per heavy atom. The van der Waals surface area contributed by atoms with Gasteiger partial charge in [0, 0.05) is 6.54 Å². The molecule has 0 saturated carbocycles. The lowest BCUT2D eigenvalue weighted by Crippen LogP contribution is -2.22. The van der Waals surface area contributed by atoms with Crippen LogP contribution in [0.3, 0.4) is 0 Å². The Balaban J connectivity index is 2.38. The largest absolute Gasteiger partial charge is 0.402 e. The number of hydrogen-bond acceptors (Lipinski definition) is 6. The van der Waals surface area contributed by atoms with Crippen LogP contribution >= 0.6 is 0 Å². The van der Waals surface area contributed by atoms with Gasteiger partial charge in [0.05, 0.1) is 6.10 Å². The Morgan fingerprint density at radius 2 is 2.33 bits per heavy atom. The lowest BCUT2D eigenvalue weighted by Gasteiger charge is -2.08. The molecule has 1 saturated heterocycles. The van der Waals surface area contributed by atoms with Gasteiger partial charge in [0.15, 0.2) is 6.79 Å². The standard InChI is InChI=1S/C5H11NO5S/c7-4-10-12(8,9)11-5-1-2-6-3-5/h5-7H,1-4H2. The van der Waals surface area contributed by atoms with Crippen LogP contribution in [0.2, 0.25) is 0 Å². The second kappa shape index (κ2) is 4.15. The van der Waals surface area contributed by atoms with Crippen LogP contribution in [0.5, 0.6) is 0 Å². The van der Waals surface area contributed by atoms with Crippen LogP contribution in [0.4, 0.5) is 0 Å². The van der Waals surface area contributed by atoms with Crippen molar-refractivity contribution >= 4 is 10.4 Å². The number of hydrogen-bond donors (Lipinski definition) is 2. The fourth-order valence-electron chi connectivity index (χ4n) is 0.969. The summed E-state index contributed by atoms with van der Waals surface area (Å²) in [6.07, 6.45) is 0.259. The molecule has 0 radical (unpaired) electrons. The summed E-state index contributed by atoms with van der Waals surface area (Å²) in [7, 11) is -4.01. The highest BCUT2D eigenvalue weighted by molar-refractivity contribution is 7.81. The molecule has 0 aromatic heterocycles. The molecule has 0 bridgehead atoms. The van der Waals surface area contributed by atoms with E-state index in [2.05, 4.69) is 13.7 Å². The van der Waals surface area contributed by atoms with Gasteiger partial charge in [-0.05, 0) is 13.0 Å². The maximum Gasteiger partial charge on any atom is 0.402 e. The Morgan fingerprint density at radius 3 is 2.83 bits per heavy atom. The van der Waals surface area contributed by atoms with Crippen molar-refractivity contribution in [3.05, 3.63) is 0 Å². The number of aliphatic hydroxyl groups is 1. The molecule has 1 heterocycles. The van der Waals surface area contributed by atoms with Gasteiger partial charge < -0.3 is 10.4 Å². The lowest BCUT2D eigenvalue weighted by molar-refractivity contribution is 0.0732. The molecule has 2 N–H and O–H groups in total. The maximum absolute atomic E-state index is 10.8. The molecule has 0 aliphatic carbocycles. The predicted octanol–water partition coefficient (Wildman–Crippen LogP) is -1.42. The van der Waals surface area contributed by atoms with E-state index in [1.165, 1.54) is 0 Å². The summed E-state index contributed by atoms with van der Waals surface area (Å²) in [5.74, 6) is 0. The maximum atomic E-state index is 10.8. The first-order chi connectivity index (χ1) is 5.64. The molecule has 72 valence electrons. The van der Waals surface area contributed by atoms with Crippen LogP contribution in [0.25, 0.3) is 0 Å². The minimum atomic E-state index is -4.01. The monoisotopic (exact) mass is 197 g/mol. The number of aliphatic hydroxyl groups excluding tert-OH is 1. The summed E-state index contributed by atoms with van der Waals surface area (Å²) in [6.45, 7) is 0.343. The molecule has 1 aliphatic rings. The Bertz CT molecular complexity index is 220. The van der Waals surface area contributed by atoms with E-state index in [0.717, 1.165) is 6.54 Å². The van der Waals surface area contributed by atoms with Crippen LogP contribution in [-0.4, -0.2) is 39.5 Å². The highest BCUT2D eigenvalue weighted by Gasteiger charge is 2.22. The Hall–Kier alpha value is -0.210. The van der Waals surface area contributed by atoms with Crippen molar-refractivity contribution in [2.45, 2.75) is 12.5 Å². The normalized spacial score (nSPS) is 24.6. The van der Waals surface area contributed by atoms with Gasteiger partial charge in [-0.25, -0.2) is 8.37 Å². The second-order valence-electron chi connectivity index (χ2n) is 2.37. The van der Waals surface area contributed by atoms with Crippen LogP contribution in [0, 0.1) is 0 Å². The quantitative estimate of drug-likeness (QED) is 0.538. The van der Waals surface area contributed by atoms with Gasteiger partial charge in [0.25, 0.3) is 0 Å². The third kappa shape index (κ3) is 3.03. The molecule has 1 unspecified atom stereocenters. The molecule has 1 fully saturated rings. The predicted molar refractivity (Wildman–Crippen MR) is 39.5 cm³/mol. The summed E-state index contributed by atoms with van der Waals surface area (Å²) < 4.78 is 30.0. The van der Waals surface area contributed by atoms with Gasteiger partial charge in [0.1, 0.15) is 0 Å². The molecule has 6 nitrogen and oxygen atoms in total. The minimum absolute atomic E-state index is 0.374. The molecule has 1 atom stereocenters. The van der Waals surface area contributed by atoms with E-state index < -0.39 is 17.2 Å². The van der Waals surface area contributed by atoms with E-state index in [1.54, 1.807) is 0 Å². The van der Waals surface area contributed by atoms with E-state index in [-0.39, 0.29) is 6.10 Å². The number of nitrogens with one attached hydrogen (secondary N) is 1. The van der Waals surface area contributed by atoms with Crippen molar-refractivity contribution < 1.29 is 21.9 Å². The van der Waals surface area contributed by atoms with Crippen molar-refractivity contribution in [1.29, 1.82) is 0 Å². The molecule has 0 aromatic rings. The van der Waals surface area contributed by atoms with Crippen molar-refractivity contribution in [1.82, 2.24) is 5.32 Å². The average Bonchev–Trinajstić information content (AvgIpc) is 2.38. The molecule has 0 amide bonds. The highest BCUT2D eigenvalue weighted by Crippen LogP contribution is 2.08. The van der Waals surface area contributed by atoms with E-state index in [0.29, 0.717) is 13.0 Å². The SMILES string of the molecule is O=S(=O)(OCO)OC1CCNC1. The van der Waals surface area contributed by atoms with Crippen LogP contribution in [0.15, 0.2) is 0 Å². The molecular formula is C5H11NO5S. The molecule has 1 aliphatic heterocycles. The first-order valence-corrected chi connectivity index (χ1v) is 4.86. The first-order valence-electron chi connectivity index (χ1n) is 3.53. The summed E-state index contributed by atoms with van der Waals surface area (Å²) in [5, 5.41) is 11.1. The van der Waals surface area contributed by atoms with Gasteiger partial charge in [-0.15, -0.1) is 0 Å². The summed E-state index contributed by atoms with van der Waals surface area (Å²) in [6, 6.07) is 0. The summed E-state index contributed by atoms with van der Waals surface area (Å²) in [4.78, 5) is 0. The van der Waals surface area contributed by atoms with Gasteiger partial charge >= 0.3 is 10.4 Å². The fraction of sp³-hybridized carbons (Fsp3) is 1.00. The molecule has 1 rings (SSSR count). The highest BCUT2D eigenvalue weighted by atomic mass is 32.3. The fourth-order valence-corrected chi connectivity index (χ4v) is 1.65. The Labute approximate surface area is 70.8 Å². The van der Waals surface area contributed by atoms with Crippen LogP contribution in [-0.2, 0) is 18.8 Å². The Kier molecular flexibility index (Phi) is 3.41. The second-order valence-corrected chi connectivity index (χ2v) is 3.61. The van der Waals surface area contributed by atoms with Crippen molar-refractivity contribution in [3.63, 3.8) is 0 Å². The van der Waals surface area contributed by atoms with Crippen molar-refractivity contribution in [3.8, 4) is 0 Å².